The maximum Gasteiger partial charge on any atom is 0.416 e. The lowest BCUT2D eigenvalue weighted by molar-refractivity contribution is -0.137. The van der Waals surface area contributed by atoms with E-state index in [1.54, 1.807) is 38.2 Å². The number of amides is 5. The smallest absolute Gasteiger partial charge is 0.416 e. The van der Waals surface area contributed by atoms with Gasteiger partial charge >= 0.3 is 18.2 Å². The van der Waals surface area contributed by atoms with Gasteiger partial charge in [-0.3, -0.25) is 4.79 Å². The first kappa shape index (κ1) is 40.8. The average Bonchev–Trinajstić information content (AvgIpc) is 3.15. The summed E-state index contributed by atoms with van der Waals surface area (Å²) in [6, 6.07) is 20.7. The number of urea groups is 2. The second-order valence-electron chi connectivity index (χ2n) is 14.0. The minimum absolute atomic E-state index is 0.110. The lowest BCUT2D eigenvalue weighted by atomic mass is 10.0. The van der Waals surface area contributed by atoms with Gasteiger partial charge in [-0.25, -0.2) is 9.59 Å². The van der Waals surface area contributed by atoms with E-state index in [-0.39, 0.29) is 43.0 Å². The molecule has 14 heteroatoms. The van der Waals surface area contributed by atoms with Crippen LogP contribution in [-0.4, -0.2) is 84.5 Å². The molecule has 55 heavy (non-hydrogen) atoms. The summed E-state index contributed by atoms with van der Waals surface area (Å²) in [5, 5.41) is 20.5. The van der Waals surface area contributed by atoms with Gasteiger partial charge in [0.15, 0.2) is 0 Å². The van der Waals surface area contributed by atoms with Crippen LogP contribution >= 0.6 is 0 Å². The first-order valence-electron chi connectivity index (χ1n) is 18.3. The second kappa shape index (κ2) is 18.3. The molecule has 0 saturated heterocycles. The van der Waals surface area contributed by atoms with Crippen LogP contribution in [0.2, 0.25) is 0 Å². The van der Waals surface area contributed by atoms with Crippen LogP contribution in [-0.2, 0) is 10.9 Å². The van der Waals surface area contributed by atoms with Crippen molar-refractivity contribution < 1.29 is 42.1 Å². The topological polar surface area (TPSA) is 132 Å². The van der Waals surface area contributed by atoms with E-state index in [2.05, 4.69) is 16.0 Å². The van der Waals surface area contributed by atoms with Crippen LogP contribution in [0.4, 0.5) is 39.8 Å². The van der Waals surface area contributed by atoms with E-state index in [4.69, 9.17) is 9.47 Å². The number of likely N-dealkylation sites (N-methyl/N-ethyl adjacent to an activating group) is 1. The van der Waals surface area contributed by atoms with E-state index < -0.39 is 41.9 Å². The van der Waals surface area contributed by atoms with Gasteiger partial charge in [-0.1, -0.05) is 43.3 Å². The number of alkyl halides is 3. The zero-order valence-electron chi connectivity index (χ0n) is 31.4. The number of carbonyl (C=O) groups is 3. The number of fused-ring (bicyclic) bond motifs is 2. The number of benzene rings is 4. The summed E-state index contributed by atoms with van der Waals surface area (Å²) >= 11 is 0. The molecule has 0 saturated carbocycles. The molecule has 4 N–H and O–H groups in total. The predicted molar refractivity (Wildman–Crippen MR) is 207 cm³/mol. The van der Waals surface area contributed by atoms with Crippen molar-refractivity contribution in [2.24, 2.45) is 5.92 Å². The molecular weight excluding hydrogens is 715 g/mol. The van der Waals surface area contributed by atoms with E-state index in [1.807, 2.05) is 50.2 Å². The molecule has 0 bridgehead atoms. The number of carbonyl (C=O) groups excluding carboxylic acids is 3. The Balaban J connectivity index is 1.35. The molecule has 0 unspecified atom stereocenters. The normalized spacial score (nSPS) is 19.0. The van der Waals surface area contributed by atoms with Crippen molar-refractivity contribution in [3.8, 4) is 5.75 Å². The quantitative estimate of drug-likeness (QED) is 0.149. The van der Waals surface area contributed by atoms with Gasteiger partial charge in [0, 0.05) is 49.4 Å². The molecule has 0 spiro atoms. The van der Waals surface area contributed by atoms with Crippen LogP contribution in [0.25, 0.3) is 10.8 Å². The van der Waals surface area contributed by atoms with Gasteiger partial charge in [-0.2, -0.15) is 13.2 Å². The summed E-state index contributed by atoms with van der Waals surface area (Å²) in [5.74, 6) is -0.443. The summed E-state index contributed by atoms with van der Waals surface area (Å²) in [4.78, 5) is 43.8. The van der Waals surface area contributed by atoms with E-state index in [0.29, 0.717) is 36.6 Å². The van der Waals surface area contributed by atoms with E-state index in [1.165, 1.54) is 21.9 Å². The molecule has 1 heterocycles. The molecule has 4 aromatic rings. The van der Waals surface area contributed by atoms with E-state index in [0.717, 1.165) is 29.3 Å². The van der Waals surface area contributed by atoms with Crippen LogP contribution in [0.3, 0.4) is 0 Å². The Morgan fingerprint density at radius 3 is 2.38 bits per heavy atom. The number of hydrogen-bond donors (Lipinski definition) is 4. The third-order valence-corrected chi connectivity index (χ3v) is 9.61. The molecule has 5 rings (SSSR count). The summed E-state index contributed by atoms with van der Waals surface area (Å²) in [6.45, 7) is 5.80. The molecule has 0 fully saturated rings. The SMILES string of the molecule is C[C@H]1CCCCO[C@H](CN(C)C(=O)Nc2ccc(C(F)(F)F)cc2)[C@@H](C)CN([C@@H](C)CO)C(=O)c2cc(NC(=O)Nc3cccc4ccccc34)ccc2O1. The Morgan fingerprint density at radius 2 is 1.65 bits per heavy atom. The van der Waals surface area contributed by atoms with Crippen molar-refractivity contribution in [3.05, 3.63) is 96.1 Å². The van der Waals surface area contributed by atoms with Crippen LogP contribution in [0, 0.1) is 5.92 Å². The summed E-state index contributed by atoms with van der Waals surface area (Å²) in [7, 11) is 1.56. The van der Waals surface area contributed by atoms with Gasteiger partial charge in [0.25, 0.3) is 5.91 Å². The zero-order chi connectivity index (χ0) is 39.7. The molecule has 4 aromatic carbocycles. The summed E-state index contributed by atoms with van der Waals surface area (Å²) in [5.41, 5.74) is 0.556. The molecule has 0 aromatic heterocycles. The minimum atomic E-state index is -4.50. The predicted octanol–water partition coefficient (Wildman–Crippen LogP) is 8.46. The molecule has 1 aliphatic rings. The van der Waals surface area contributed by atoms with Gasteiger partial charge < -0.3 is 40.3 Å². The van der Waals surface area contributed by atoms with Gasteiger partial charge in [-0.15, -0.1) is 0 Å². The minimum Gasteiger partial charge on any atom is -0.490 e. The Morgan fingerprint density at radius 1 is 0.945 bits per heavy atom. The molecule has 294 valence electrons. The molecular formula is C41H48F3N5O6. The number of aliphatic hydroxyl groups is 1. The first-order chi connectivity index (χ1) is 26.2. The molecule has 0 aliphatic carbocycles. The maximum atomic E-state index is 14.5. The van der Waals surface area contributed by atoms with Crippen LogP contribution < -0.4 is 20.7 Å². The highest BCUT2D eigenvalue weighted by Gasteiger charge is 2.32. The highest BCUT2D eigenvalue weighted by Crippen LogP contribution is 2.31. The lowest BCUT2D eigenvalue weighted by Gasteiger charge is -2.35. The lowest BCUT2D eigenvalue weighted by Crippen LogP contribution is -2.48. The maximum absolute atomic E-state index is 14.5. The Kier molecular flexibility index (Phi) is 13.6. The van der Waals surface area contributed by atoms with Gasteiger partial charge in [0.05, 0.1) is 41.7 Å². The molecule has 11 nitrogen and oxygen atoms in total. The Bertz CT molecular complexity index is 1940. The fraction of sp³-hybridized carbons (Fsp3) is 0.390. The largest absolute Gasteiger partial charge is 0.490 e. The van der Waals surface area contributed by atoms with Gasteiger partial charge in [-0.05, 0) is 87.0 Å². The number of hydrogen-bond acceptors (Lipinski definition) is 6. The average molecular weight is 764 g/mol. The highest BCUT2D eigenvalue weighted by atomic mass is 19.4. The Labute approximate surface area is 318 Å². The standard InChI is InChI=1S/C41H48F3N5O6/c1-26-23-49(27(2)25-50)38(51)34-22-32(45-39(52)47-35-14-9-12-29-11-5-6-13-33(29)35)19-20-36(34)55-28(3)10-7-8-21-54-37(26)24-48(4)40(53)46-31-17-15-30(16-18-31)41(42,43)44/h5-6,9,11-20,22,26-28,37,50H,7-8,10,21,23-25H2,1-4H3,(H,46,53)(H2,45,47,52)/t26-,27-,28-,37+/m0/s1. The summed E-state index contributed by atoms with van der Waals surface area (Å²) in [6.07, 6.45) is -3.18. The highest BCUT2D eigenvalue weighted by molar-refractivity contribution is 6.07. The first-order valence-corrected chi connectivity index (χ1v) is 18.3. The Hall–Kier alpha value is -5.34. The number of nitrogens with one attached hydrogen (secondary N) is 3. The molecule has 1 aliphatic heterocycles. The number of ether oxygens (including phenoxy) is 2. The van der Waals surface area contributed by atoms with Crippen LogP contribution in [0.1, 0.15) is 56.0 Å². The fourth-order valence-corrected chi connectivity index (χ4v) is 6.40. The van der Waals surface area contributed by atoms with Crippen molar-refractivity contribution in [2.45, 2.75) is 64.5 Å². The van der Waals surface area contributed by atoms with Crippen molar-refractivity contribution in [3.63, 3.8) is 0 Å². The fourth-order valence-electron chi connectivity index (χ4n) is 6.40. The van der Waals surface area contributed by atoms with Crippen LogP contribution in [0.15, 0.2) is 84.9 Å². The number of rotatable bonds is 7. The van der Waals surface area contributed by atoms with Crippen LogP contribution in [0.5, 0.6) is 5.75 Å². The van der Waals surface area contributed by atoms with Gasteiger partial charge in [0.1, 0.15) is 5.75 Å². The second-order valence-corrected chi connectivity index (χ2v) is 14.0. The third-order valence-electron chi connectivity index (χ3n) is 9.61. The number of aliphatic hydroxyl groups excluding tert-OH is 1. The monoisotopic (exact) mass is 763 g/mol. The number of nitrogens with zero attached hydrogens (tertiary/aromatic N) is 2. The van der Waals surface area contributed by atoms with Crippen molar-refractivity contribution >= 4 is 45.8 Å². The summed E-state index contributed by atoms with van der Waals surface area (Å²) < 4.78 is 51.7. The number of halogens is 3. The van der Waals surface area contributed by atoms with E-state index in [9.17, 15) is 32.7 Å². The van der Waals surface area contributed by atoms with Crippen molar-refractivity contribution in [2.75, 3.05) is 49.3 Å². The van der Waals surface area contributed by atoms with Crippen molar-refractivity contribution in [1.29, 1.82) is 0 Å². The molecule has 4 atom stereocenters. The zero-order valence-corrected chi connectivity index (χ0v) is 31.4. The van der Waals surface area contributed by atoms with Crippen molar-refractivity contribution in [1.82, 2.24) is 9.80 Å². The van der Waals surface area contributed by atoms with E-state index >= 15 is 0 Å². The molecule has 5 amide bonds. The molecule has 0 radical (unpaired) electrons. The van der Waals surface area contributed by atoms with Gasteiger partial charge in [0.2, 0.25) is 0 Å². The number of anilines is 3. The third kappa shape index (κ3) is 10.9.